The van der Waals surface area contributed by atoms with Crippen molar-refractivity contribution >= 4 is 11.8 Å². The van der Waals surface area contributed by atoms with E-state index in [2.05, 4.69) is 10.6 Å². The van der Waals surface area contributed by atoms with Gasteiger partial charge in [0.1, 0.15) is 5.75 Å². The summed E-state index contributed by atoms with van der Waals surface area (Å²) in [5.41, 5.74) is 5.44. The van der Waals surface area contributed by atoms with Crippen LogP contribution in [-0.4, -0.2) is 38.1 Å². The summed E-state index contributed by atoms with van der Waals surface area (Å²) in [6.45, 7) is 2.78. The maximum atomic E-state index is 11.5. The van der Waals surface area contributed by atoms with Crippen LogP contribution < -0.4 is 21.1 Å². The first-order chi connectivity index (χ1) is 9.61. The highest BCUT2D eigenvalue weighted by Gasteiger charge is 2.07. The van der Waals surface area contributed by atoms with Gasteiger partial charge in [0.15, 0.2) is 6.61 Å². The van der Waals surface area contributed by atoms with E-state index < -0.39 is 0 Å². The van der Waals surface area contributed by atoms with Crippen molar-refractivity contribution in [3.63, 3.8) is 0 Å². The molecule has 6 nitrogen and oxygen atoms in total. The lowest BCUT2D eigenvalue weighted by Crippen LogP contribution is -2.40. The molecule has 0 spiro atoms. The molecule has 0 fully saturated rings. The fourth-order valence-corrected chi connectivity index (χ4v) is 1.33. The Morgan fingerprint density at radius 2 is 1.90 bits per heavy atom. The average molecular weight is 279 g/mol. The SMILES string of the molecule is CC(CN)CNC(=O)CNC(=O)COc1ccccc1. The number of carbonyl (C=O) groups is 2. The Bertz CT molecular complexity index is 423. The number of benzene rings is 1. The van der Waals surface area contributed by atoms with Crippen molar-refractivity contribution in [3.05, 3.63) is 30.3 Å². The van der Waals surface area contributed by atoms with Crippen molar-refractivity contribution in [1.29, 1.82) is 0 Å². The van der Waals surface area contributed by atoms with E-state index in [1.807, 2.05) is 25.1 Å². The van der Waals surface area contributed by atoms with Gasteiger partial charge in [-0.15, -0.1) is 0 Å². The summed E-state index contributed by atoms with van der Waals surface area (Å²) in [5.74, 6) is 0.258. The second-order valence-electron chi connectivity index (χ2n) is 4.52. The summed E-state index contributed by atoms with van der Waals surface area (Å²) < 4.78 is 5.26. The van der Waals surface area contributed by atoms with Gasteiger partial charge in [-0.05, 0) is 24.6 Å². The number of nitrogens with one attached hydrogen (secondary N) is 2. The number of nitrogens with two attached hydrogens (primary N) is 1. The summed E-state index contributed by atoms with van der Waals surface area (Å²) in [4.78, 5) is 22.9. The van der Waals surface area contributed by atoms with Crippen LogP contribution in [0.25, 0.3) is 0 Å². The Balaban J connectivity index is 2.15. The van der Waals surface area contributed by atoms with Gasteiger partial charge in [0.2, 0.25) is 5.91 Å². The molecule has 1 rings (SSSR count). The van der Waals surface area contributed by atoms with Crippen LogP contribution in [0.15, 0.2) is 30.3 Å². The smallest absolute Gasteiger partial charge is 0.258 e. The normalized spacial score (nSPS) is 11.5. The topological polar surface area (TPSA) is 93.5 Å². The molecule has 0 bridgehead atoms. The number of ether oxygens (including phenoxy) is 1. The van der Waals surface area contributed by atoms with Gasteiger partial charge < -0.3 is 21.1 Å². The summed E-state index contributed by atoms with van der Waals surface area (Å²) in [6, 6.07) is 9.01. The zero-order valence-electron chi connectivity index (χ0n) is 11.6. The Hall–Kier alpha value is -2.08. The van der Waals surface area contributed by atoms with Gasteiger partial charge in [-0.3, -0.25) is 9.59 Å². The first-order valence-electron chi connectivity index (χ1n) is 6.53. The van der Waals surface area contributed by atoms with E-state index in [0.29, 0.717) is 18.8 Å². The fraction of sp³-hybridized carbons (Fsp3) is 0.429. The van der Waals surface area contributed by atoms with E-state index in [9.17, 15) is 9.59 Å². The van der Waals surface area contributed by atoms with E-state index in [4.69, 9.17) is 10.5 Å². The van der Waals surface area contributed by atoms with Crippen molar-refractivity contribution < 1.29 is 14.3 Å². The molecule has 0 saturated heterocycles. The molecule has 0 aliphatic rings. The number of amides is 2. The highest BCUT2D eigenvalue weighted by molar-refractivity contribution is 5.85. The third kappa shape index (κ3) is 6.75. The van der Waals surface area contributed by atoms with Gasteiger partial charge in [0.25, 0.3) is 5.91 Å². The van der Waals surface area contributed by atoms with E-state index in [1.54, 1.807) is 12.1 Å². The van der Waals surface area contributed by atoms with Crippen LogP contribution in [0.1, 0.15) is 6.92 Å². The number of rotatable bonds is 8. The van der Waals surface area contributed by atoms with E-state index in [0.717, 1.165) is 0 Å². The lowest BCUT2D eigenvalue weighted by atomic mass is 10.2. The van der Waals surface area contributed by atoms with Gasteiger partial charge in [-0.25, -0.2) is 0 Å². The van der Waals surface area contributed by atoms with Gasteiger partial charge in [0, 0.05) is 6.54 Å². The predicted molar refractivity (Wildman–Crippen MR) is 76.2 cm³/mol. The minimum atomic E-state index is -0.337. The van der Waals surface area contributed by atoms with Crippen LogP contribution in [0.2, 0.25) is 0 Å². The minimum Gasteiger partial charge on any atom is -0.484 e. The molecule has 1 unspecified atom stereocenters. The van der Waals surface area contributed by atoms with Crippen LogP contribution in [0.5, 0.6) is 5.75 Å². The van der Waals surface area contributed by atoms with Crippen LogP contribution in [-0.2, 0) is 9.59 Å². The monoisotopic (exact) mass is 279 g/mol. The molecule has 0 radical (unpaired) electrons. The van der Waals surface area contributed by atoms with E-state index >= 15 is 0 Å². The first kappa shape index (κ1) is 16.0. The third-order valence-electron chi connectivity index (χ3n) is 2.61. The highest BCUT2D eigenvalue weighted by atomic mass is 16.5. The molecule has 0 aliphatic carbocycles. The van der Waals surface area contributed by atoms with Crippen molar-refractivity contribution in [2.75, 3.05) is 26.2 Å². The van der Waals surface area contributed by atoms with Crippen molar-refractivity contribution in [2.24, 2.45) is 11.7 Å². The van der Waals surface area contributed by atoms with Crippen LogP contribution in [0.4, 0.5) is 0 Å². The van der Waals surface area contributed by atoms with E-state index in [-0.39, 0.29) is 30.9 Å². The second-order valence-corrected chi connectivity index (χ2v) is 4.52. The van der Waals surface area contributed by atoms with Gasteiger partial charge in [-0.2, -0.15) is 0 Å². The second kappa shape index (κ2) is 8.92. The quantitative estimate of drug-likeness (QED) is 0.619. The molecule has 1 aromatic rings. The number of hydrogen-bond donors (Lipinski definition) is 3. The van der Waals surface area contributed by atoms with Crippen molar-refractivity contribution in [3.8, 4) is 5.75 Å². The lowest BCUT2D eigenvalue weighted by Gasteiger charge is -2.11. The maximum absolute atomic E-state index is 11.5. The molecule has 2 amide bonds. The molecule has 0 saturated carbocycles. The Morgan fingerprint density at radius 3 is 2.55 bits per heavy atom. The Labute approximate surface area is 118 Å². The first-order valence-corrected chi connectivity index (χ1v) is 6.53. The molecule has 1 aromatic carbocycles. The zero-order valence-corrected chi connectivity index (χ0v) is 11.6. The van der Waals surface area contributed by atoms with Crippen LogP contribution in [0.3, 0.4) is 0 Å². The third-order valence-corrected chi connectivity index (χ3v) is 2.61. The molecular formula is C14H21N3O3. The lowest BCUT2D eigenvalue weighted by molar-refractivity contribution is -0.127. The molecule has 0 aromatic heterocycles. The van der Waals surface area contributed by atoms with Crippen molar-refractivity contribution in [2.45, 2.75) is 6.92 Å². The maximum Gasteiger partial charge on any atom is 0.258 e. The average Bonchev–Trinajstić information content (AvgIpc) is 2.49. The summed E-state index contributed by atoms with van der Waals surface area (Å²) in [7, 11) is 0. The molecule has 20 heavy (non-hydrogen) atoms. The zero-order chi connectivity index (χ0) is 14.8. The molecule has 4 N–H and O–H groups in total. The largest absolute Gasteiger partial charge is 0.484 e. The highest BCUT2D eigenvalue weighted by Crippen LogP contribution is 2.07. The molecular weight excluding hydrogens is 258 g/mol. The molecule has 110 valence electrons. The van der Waals surface area contributed by atoms with Crippen molar-refractivity contribution in [1.82, 2.24) is 10.6 Å². The molecule has 1 atom stereocenters. The Morgan fingerprint density at radius 1 is 1.20 bits per heavy atom. The number of carbonyl (C=O) groups excluding carboxylic acids is 2. The standard InChI is InChI=1S/C14H21N3O3/c1-11(7-15)8-16-13(18)9-17-14(19)10-20-12-5-3-2-4-6-12/h2-6,11H,7-10,15H2,1H3,(H,16,18)(H,17,19). The van der Waals surface area contributed by atoms with Gasteiger partial charge in [-0.1, -0.05) is 25.1 Å². The number of hydrogen-bond acceptors (Lipinski definition) is 4. The molecule has 0 aliphatic heterocycles. The summed E-state index contributed by atoms with van der Waals surface area (Å²) in [6.07, 6.45) is 0. The molecule has 0 heterocycles. The van der Waals surface area contributed by atoms with Gasteiger partial charge in [0.05, 0.1) is 6.54 Å². The van der Waals surface area contributed by atoms with Crippen LogP contribution >= 0.6 is 0 Å². The summed E-state index contributed by atoms with van der Waals surface area (Å²) >= 11 is 0. The minimum absolute atomic E-state index is 0.0612. The summed E-state index contributed by atoms with van der Waals surface area (Å²) in [5, 5.41) is 5.18. The number of para-hydroxylation sites is 1. The van der Waals surface area contributed by atoms with Crippen LogP contribution in [0, 0.1) is 5.92 Å². The predicted octanol–water partition coefficient (Wildman–Crippen LogP) is -0.107. The van der Waals surface area contributed by atoms with Gasteiger partial charge >= 0.3 is 0 Å². The van der Waals surface area contributed by atoms with E-state index in [1.165, 1.54) is 0 Å². The Kier molecular flexibility index (Phi) is 7.13. The molecule has 6 heteroatoms. The fourth-order valence-electron chi connectivity index (χ4n) is 1.33.